The van der Waals surface area contributed by atoms with Crippen molar-refractivity contribution in [1.29, 1.82) is 0 Å². The van der Waals surface area contributed by atoms with E-state index in [9.17, 15) is 4.79 Å². The molecule has 0 aromatic heterocycles. The van der Waals surface area contributed by atoms with E-state index in [2.05, 4.69) is 0 Å². The molecule has 0 unspecified atom stereocenters. The van der Waals surface area contributed by atoms with Gasteiger partial charge in [-0.1, -0.05) is 24.3 Å². The molecule has 0 N–H and O–H groups in total. The van der Waals surface area contributed by atoms with Gasteiger partial charge in [0.15, 0.2) is 16.9 Å². The zero-order valence-electron chi connectivity index (χ0n) is 11.7. The van der Waals surface area contributed by atoms with Crippen LogP contribution in [0.1, 0.15) is 0 Å². The minimum Gasteiger partial charge on any atom is -0.493 e. The molecular weight excluding hydrogens is 256 g/mol. The predicted octanol–water partition coefficient (Wildman–Crippen LogP) is 2.74. The number of ether oxygens (including phenoxy) is 3. The average Bonchev–Trinajstić information content (AvgIpc) is 2.70. The minimum absolute atomic E-state index is 0.0829. The van der Waals surface area contributed by atoms with E-state index in [0.717, 1.165) is 0 Å². The third kappa shape index (κ3) is 2.45. The fourth-order valence-corrected chi connectivity index (χ4v) is 2.07. The van der Waals surface area contributed by atoms with E-state index in [0.29, 0.717) is 28.4 Å². The summed E-state index contributed by atoms with van der Waals surface area (Å²) in [6.07, 6.45) is 0. The summed E-state index contributed by atoms with van der Waals surface area (Å²) in [7, 11) is 4.62. The molecule has 0 bridgehead atoms. The quantitative estimate of drug-likeness (QED) is 0.858. The van der Waals surface area contributed by atoms with Gasteiger partial charge in [0, 0.05) is 11.1 Å². The predicted molar refractivity (Wildman–Crippen MR) is 77.8 cm³/mol. The van der Waals surface area contributed by atoms with Crippen molar-refractivity contribution in [2.75, 3.05) is 21.3 Å². The Morgan fingerprint density at radius 2 is 1.40 bits per heavy atom. The van der Waals surface area contributed by atoms with E-state index >= 15 is 0 Å². The van der Waals surface area contributed by atoms with E-state index < -0.39 is 0 Å². The first-order valence-electron chi connectivity index (χ1n) is 6.11. The molecule has 0 amide bonds. The number of rotatable bonds is 4. The van der Waals surface area contributed by atoms with Gasteiger partial charge in [0.05, 0.1) is 21.3 Å². The van der Waals surface area contributed by atoms with Crippen LogP contribution in [0.15, 0.2) is 47.3 Å². The van der Waals surface area contributed by atoms with E-state index in [4.69, 9.17) is 14.2 Å². The molecule has 104 valence electrons. The Morgan fingerprint density at radius 3 is 2.05 bits per heavy atom. The molecule has 2 aromatic rings. The first-order valence-corrected chi connectivity index (χ1v) is 6.11. The Bertz CT molecular complexity index is 665. The number of hydrogen-bond acceptors (Lipinski definition) is 4. The van der Waals surface area contributed by atoms with Crippen molar-refractivity contribution in [2.45, 2.75) is 0 Å². The summed E-state index contributed by atoms with van der Waals surface area (Å²) >= 11 is 0. The molecule has 0 saturated heterocycles. The van der Waals surface area contributed by atoms with Gasteiger partial charge in [0.2, 0.25) is 5.75 Å². The lowest BCUT2D eigenvalue weighted by Crippen LogP contribution is -2.02. The van der Waals surface area contributed by atoms with Crippen LogP contribution in [0.3, 0.4) is 0 Å². The first kappa shape index (κ1) is 13.9. The molecule has 0 fully saturated rings. The molecule has 0 atom stereocenters. The first-order chi connectivity index (χ1) is 9.72. The third-order valence-electron chi connectivity index (χ3n) is 2.99. The summed E-state index contributed by atoms with van der Waals surface area (Å²) in [4.78, 5) is 12.1. The Labute approximate surface area is 117 Å². The fourth-order valence-electron chi connectivity index (χ4n) is 2.07. The number of benzene rings is 1. The van der Waals surface area contributed by atoms with Crippen LogP contribution in [0, 0.1) is 0 Å². The zero-order chi connectivity index (χ0) is 14.5. The number of hydrogen-bond donors (Lipinski definition) is 0. The van der Waals surface area contributed by atoms with Gasteiger partial charge in [-0.05, 0) is 18.2 Å². The van der Waals surface area contributed by atoms with Gasteiger partial charge < -0.3 is 14.2 Å². The summed E-state index contributed by atoms with van der Waals surface area (Å²) in [6.45, 7) is 0. The second kappa shape index (κ2) is 6.10. The van der Waals surface area contributed by atoms with Crippen LogP contribution in [-0.2, 0) is 0 Å². The van der Waals surface area contributed by atoms with Gasteiger partial charge >= 0.3 is 0 Å². The lowest BCUT2D eigenvalue weighted by molar-refractivity contribution is 0.325. The van der Waals surface area contributed by atoms with Gasteiger partial charge in [-0.3, -0.25) is 4.79 Å². The molecule has 0 heterocycles. The topological polar surface area (TPSA) is 44.8 Å². The molecule has 4 heteroatoms. The maximum Gasteiger partial charge on any atom is 0.203 e. The van der Waals surface area contributed by atoms with Crippen LogP contribution in [-0.4, -0.2) is 21.3 Å². The van der Waals surface area contributed by atoms with Crippen LogP contribution >= 0.6 is 0 Å². The van der Waals surface area contributed by atoms with Crippen molar-refractivity contribution in [1.82, 2.24) is 0 Å². The molecule has 0 saturated carbocycles. The molecule has 4 nitrogen and oxygen atoms in total. The number of methoxy groups -OCH3 is 3. The Balaban J connectivity index is 2.76. The largest absolute Gasteiger partial charge is 0.493 e. The fraction of sp³-hybridized carbons (Fsp3) is 0.188. The van der Waals surface area contributed by atoms with E-state index in [1.54, 1.807) is 37.4 Å². The Morgan fingerprint density at radius 1 is 0.700 bits per heavy atom. The highest BCUT2D eigenvalue weighted by molar-refractivity contribution is 5.76. The van der Waals surface area contributed by atoms with Gasteiger partial charge in [-0.25, -0.2) is 0 Å². The van der Waals surface area contributed by atoms with E-state index in [-0.39, 0.29) is 5.43 Å². The summed E-state index contributed by atoms with van der Waals surface area (Å²) in [6, 6.07) is 12.1. The highest BCUT2D eigenvalue weighted by Gasteiger charge is 2.17. The van der Waals surface area contributed by atoms with Crippen molar-refractivity contribution < 1.29 is 14.2 Å². The van der Waals surface area contributed by atoms with Crippen LogP contribution < -0.4 is 19.6 Å². The van der Waals surface area contributed by atoms with Crippen molar-refractivity contribution >= 4 is 0 Å². The third-order valence-corrected chi connectivity index (χ3v) is 2.99. The lowest BCUT2D eigenvalue weighted by Gasteiger charge is -2.15. The second-order valence-corrected chi connectivity index (χ2v) is 4.07. The zero-order valence-corrected chi connectivity index (χ0v) is 11.7. The van der Waals surface area contributed by atoms with Crippen molar-refractivity contribution in [2.24, 2.45) is 0 Å². The van der Waals surface area contributed by atoms with Crippen molar-refractivity contribution in [3.05, 3.63) is 52.7 Å². The lowest BCUT2D eigenvalue weighted by atomic mass is 10.0. The normalized spacial score (nSPS) is 9.95. The maximum absolute atomic E-state index is 12.1. The smallest absolute Gasteiger partial charge is 0.203 e. The van der Waals surface area contributed by atoms with Gasteiger partial charge in [0.25, 0.3) is 0 Å². The molecule has 0 radical (unpaired) electrons. The molecule has 2 aromatic carbocycles. The van der Waals surface area contributed by atoms with Gasteiger partial charge in [-0.15, -0.1) is 0 Å². The molecule has 0 aliphatic carbocycles. The second-order valence-electron chi connectivity index (χ2n) is 4.07. The summed E-state index contributed by atoms with van der Waals surface area (Å²) in [5.74, 6) is 1.51. The van der Waals surface area contributed by atoms with Crippen LogP contribution in [0.5, 0.6) is 17.2 Å². The molecule has 20 heavy (non-hydrogen) atoms. The Hall–Kier alpha value is -2.49. The van der Waals surface area contributed by atoms with Crippen LogP contribution in [0.25, 0.3) is 11.1 Å². The standard InChI is InChI=1S/C16H16O4/c1-18-14-10-9-12(15(19-2)16(14)20-3)11-7-5-4-6-8-13(11)17/h4-10H,1-3H3. The van der Waals surface area contributed by atoms with Crippen molar-refractivity contribution in [3.63, 3.8) is 0 Å². The summed E-state index contributed by atoms with van der Waals surface area (Å²) in [5.41, 5.74) is 1.14. The van der Waals surface area contributed by atoms with E-state index in [1.807, 2.05) is 6.07 Å². The highest BCUT2D eigenvalue weighted by atomic mass is 16.5. The molecule has 0 spiro atoms. The SMILES string of the molecule is COc1ccc(-c2cccccc2=O)c(OC)c1OC. The molecule has 0 aliphatic rings. The molecular formula is C16H16O4. The average molecular weight is 272 g/mol. The van der Waals surface area contributed by atoms with E-state index in [1.165, 1.54) is 20.3 Å². The minimum atomic E-state index is -0.0829. The summed E-state index contributed by atoms with van der Waals surface area (Å²) < 4.78 is 16.0. The van der Waals surface area contributed by atoms with Gasteiger partial charge in [0.1, 0.15) is 0 Å². The molecule has 0 aliphatic heterocycles. The van der Waals surface area contributed by atoms with Crippen molar-refractivity contribution in [3.8, 4) is 28.4 Å². The highest BCUT2D eigenvalue weighted by Crippen LogP contribution is 2.43. The summed E-state index contributed by atoms with van der Waals surface area (Å²) in [5, 5.41) is 0. The van der Waals surface area contributed by atoms with Gasteiger partial charge in [-0.2, -0.15) is 0 Å². The molecule has 2 rings (SSSR count). The monoisotopic (exact) mass is 272 g/mol. The van der Waals surface area contributed by atoms with Crippen LogP contribution in [0.2, 0.25) is 0 Å². The maximum atomic E-state index is 12.1. The Kier molecular flexibility index (Phi) is 4.25. The van der Waals surface area contributed by atoms with Crippen LogP contribution in [0.4, 0.5) is 0 Å².